The van der Waals surface area contributed by atoms with Gasteiger partial charge in [-0.15, -0.1) is 10.2 Å². The molecule has 27 heavy (non-hydrogen) atoms. The molecule has 0 saturated carbocycles. The summed E-state index contributed by atoms with van der Waals surface area (Å²) in [5.74, 6) is 1.46. The van der Waals surface area contributed by atoms with Gasteiger partial charge in [-0.25, -0.2) is 0 Å². The lowest BCUT2D eigenvalue weighted by Crippen LogP contribution is -2.33. The number of nitrogens with zero attached hydrogens (tertiary/aromatic N) is 3. The summed E-state index contributed by atoms with van der Waals surface area (Å²) < 4.78 is 10.7. The molecule has 0 radical (unpaired) electrons. The Balaban J connectivity index is 1.35. The maximum atomic E-state index is 12.0. The number of carbonyl (C=O) groups is 1. The fraction of sp³-hybridized carbons (Fsp3) is 0.526. The van der Waals surface area contributed by atoms with Crippen LogP contribution >= 0.6 is 11.8 Å². The number of carbonyl (C=O) groups excluding carboxylic acids is 1. The molecule has 0 spiro atoms. The number of aromatic nitrogens is 2. The molecule has 1 saturated heterocycles. The second-order valence-corrected chi connectivity index (χ2v) is 7.42. The number of hydrogen-bond acceptors (Lipinski definition) is 7. The second kappa shape index (κ2) is 10.3. The van der Waals surface area contributed by atoms with Crippen LogP contribution in [0.3, 0.4) is 0 Å². The maximum absolute atomic E-state index is 12.0. The minimum absolute atomic E-state index is 0.0113. The fourth-order valence-electron chi connectivity index (χ4n) is 3.01. The van der Waals surface area contributed by atoms with Crippen LogP contribution in [-0.2, 0) is 4.79 Å². The van der Waals surface area contributed by atoms with E-state index in [1.165, 1.54) is 44.1 Å². The van der Waals surface area contributed by atoms with Gasteiger partial charge in [-0.2, -0.15) is 0 Å². The van der Waals surface area contributed by atoms with Crippen LogP contribution in [-0.4, -0.2) is 60.0 Å². The van der Waals surface area contributed by atoms with Gasteiger partial charge in [-0.1, -0.05) is 18.2 Å². The average Bonchev–Trinajstić information content (AvgIpc) is 3.19. The van der Waals surface area contributed by atoms with Gasteiger partial charge in [0.1, 0.15) is 5.75 Å². The molecule has 1 aliphatic rings. The SMILES string of the molecule is COc1ccc(-c2nnc(SCC(=O)NCCCN3CCCCC3)o2)cc1. The van der Waals surface area contributed by atoms with Crippen molar-refractivity contribution in [2.75, 3.05) is 39.0 Å². The molecule has 7 nitrogen and oxygen atoms in total. The van der Waals surface area contributed by atoms with Gasteiger partial charge in [0.2, 0.25) is 11.8 Å². The highest BCUT2D eigenvalue weighted by Gasteiger charge is 2.12. The van der Waals surface area contributed by atoms with Crippen LogP contribution in [0.1, 0.15) is 25.7 Å². The molecule has 1 aromatic carbocycles. The molecule has 3 rings (SSSR count). The monoisotopic (exact) mass is 390 g/mol. The number of hydrogen-bond donors (Lipinski definition) is 1. The Bertz CT molecular complexity index is 714. The Morgan fingerprint density at radius 2 is 2.00 bits per heavy atom. The van der Waals surface area contributed by atoms with Crippen molar-refractivity contribution < 1.29 is 13.9 Å². The molecular weight excluding hydrogens is 364 g/mol. The number of thioether (sulfide) groups is 1. The van der Waals surface area contributed by atoms with Crippen LogP contribution in [0.25, 0.3) is 11.5 Å². The van der Waals surface area contributed by atoms with Gasteiger partial charge in [0.05, 0.1) is 12.9 Å². The second-order valence-electron chi connectivity index (χ2n) is 6.50. The lowest BCUT2D eigenvalue weighted by molar-refractivity contribution is -0.118. The highest BCUT2D eigenvalue weighted by atomic mass is 32.2. The number of methoxy groups -OCH3 is 1. The molecule has 0 aliphatic carbocycles. The average molecular weight is 391 g/mol. The predicted molar refractivity (Wildman–Crippen MR) is 105 cm³/mol. The summed E-state index contributed by atoms with van der Waals surface area (Å²) in [4.78, 5) is 14.4. The first-order valence-electron chi connectivity index (χ1n) is 9.34. The van der Waals surface area contributed by atoms with Crippen molar-refractivity contribution in [3.05, 3.63) is 24.3 Å². The maximum Gasteiger partial charge on any atom is 0.277 e. The largest absolute Gasteiger partial charge is 0.497 e. The molecule has 1 aromatic heterocycles. The molecular formula is C19H26N4O3S. The molecule has 146 valence electrons. The van der Waals surface area contributed by atoms with E-state index in [2.05, 4.69) is 20.4 Å². The first-order chi connectivity index (χ1) is 13.2. The van der Waals surface area contributed by atoms with Crippen LogP contribution < -0.4 is 10.1 Å². The fourth-order valence-corrected chi connectivity index (χ4v) is 3.60. The van der Waals surface area contributed by atoms with E-state index in [1.807, 2.05) is 24.3 Å². The number of rotatable bonds is 9. The third kappa shape index (κ3) is 6.25. The Hall–Kier alpha value is -2.06. The first kappa shape index (κ1) is 19.7. The van der Waals surface area contributed by atoms with E-state index >= 15 is 0 Å². The van der Waals surface area contributed by atoms with E-state index in [0.29, 0.717) is 17.7 Å². The van der Waals surface area contributed by atoms with Crippen molar-refractivity contribution in [3.8, 4) is 17.2 Å². The third-order valence-corrected chi connectivity index (χ3v) is 5.31. The van der Waals surface area contributed by atoms with E-state index < -0.39 is 0 Å². The van der Waals surface area contributed by atoms with E-state index in [1.54, 1.807) is 7.11 Å². The molecule has 0 bridgehead atoms. The summed E-state index contributed by atoms with van der Waals surface area (Å²) in [6.07, 6.45) is 4.93. The van der Waals surface area contributed by atoms with Crippen molar-refractivity contribution in [2.24, 2.45) is 0 Å². The van der Waals surface area contributed by atoms with Gasteiger partial charge >= 0.3 is 0 Å². The van der Waals surface area contributed by atoms with E-state index in [9.17, 15) is 4.79 Å². The van der Waals surface area contributed by atoms with Gasteiger partial charge in [0.25, 0.3) is 5.22 Å². The number of benzene rings is 1. The summed E-state index contributed by atoms with van der Waals surface area (Å²) in [5, 5.41) is 11.4. The van der Waals surface area contributed by atoms with Crippen molar-refractivity contribution in [2.45, 2.75) is 30.9 Å². The molecule has 0 atom stereocenters. The van der Waals surface area contributed by atoms with E-state index in [0.717, 1.165) is 24.3 Å². The number of piperidine rings is 1. The number of amides is 1. The van der Waals surface area contributed by atoms with Crippen LogP contribution in [0.4, 0.5) is 0 Å². The van der Waals surface area contributed by atoms with Crippen molar-refractivity contribution in [1.29, 1.82) is 0 Å². The van der Waals surface area contributed by atoms with E-state index in [4.69, 9.17) is 9.15 Å². The Morgan fingerprint density at radius 1 is 1.22 bits per heavy atom. The molecule has 0 unspecified atom stereocenters. The summed E-state index contributed by atoms with van der Waals surface area (Å²) in [6.45, 7) is 4.15. The standard InChI is InChI=1S/C19H26N4O3S/c1-25-16-8-6-15(7-9-16)18-21-22-19(26-18)27-14-17(24)20-10-5-13-23-11-3-2-4-12-23/h6-9H,2-5,10-14H2,1H3,(H,20,24). The van der Waals surface area contributed by atoms with Gasteiger partial charge in [-0.05, 0) is 63.2 Å². The number of nitrogens with one attached hydrogen (secondary N) is 1. The summed E-state index contributed by atoms with van der Waals surface area (Å²) in [5.41, 5.74) is 0.817. The first-order valence-corrected chi connectivity index (χ1v) is 10.3. The summed E-state index contributed by atoms with van der Waals surface area (Å²) >= 11 is 1.25. The topological polar surface area (TPSA) is 80.5 Å². The normalized spacial score (nSPS) is 14.9. The van der Waals surface area contributed by atoms with Gasteiger partial charge in [-0.3, -0.25) is 4.79 Å². The molecule has 2 aromatic rings. The van der Waals surface area contributed by atoms with Gasteiger partial charge in [0.15, 0.2) is 0 Å². The van der Waals surface area contributed by atoms with Crippen LogP contribution in [0.15, 0.2) is 33.9 Å². The highest BCUT2D eigenvalue weighted by Crippen LogP contribution is 2.24. The third-order valence-electron chi connectivity index (χ3n) is 4.49. The lowest BCUT2D eigenvalue weighted by atomic mass is 10.1. The number of likely N-dealkylation sites (tertiary alicyclic amines) is 1. The van der Waals surface area contributed by atoms with Gasteiger partial charge in [0, 0.05) is 12.1 Å². The zero-order chi connectivity index (χ0) is 18.9. The summed E-state index contributed by atoms with van der Waals surface area (Å²) in [7, 11) is 1.62. The molecule has 1 N–H and O–H groups in total. The minimum Gasteiger partial charge on any atom is -0.497 e. The highest BCUT2D eigenvalue weighted by molar-refractivity contribution is 7.99. The zero-order valence-electron chi connectivity index (χ0n) is 15.6. The van der Waals surface area contributed by atoms with Crippen LogP contribution in [0.2, 0.25) is 0 Å². The van der Waals surface area contributed by atoms with Crippen LogP contribution in [0, 0.1) is 0 Å². The Kier molecular flexibility index (Phi) is 7.53. The Labute approximate surface area is 163 Å². The molecule has 8 heteroatoms. The minimum atomic E-state index is -0.0113. The van der Waals surface area contributed by atoms with Crippen molar-refractivity contribution in [3.63, 3.8) is 0 Å². The quantitative estimate of drug-likeness (QED) is 0.521. The smallest absolute Gasteiger partial charge is 0.277 e. The molecule has 1 aliphatic heterocycles. The van der Waals surface area contributed by atoms with E-state index in [-0.39, 0.29) is 11.7 Å². The Morgan fingerprint density at radius 3 is 2.74 bits per heavy atom. The molecule has 2 heterocycles. The molecule has 1 fully saturated rings. The van der Waals surface area contributed by atoms with Gasteiger partial charge < -0.3 is 19.4 Å². The van der Waals surface area contributed by atoms with Crippen molar-refractivity contribution in [1.82, 2.24) is 20.4 Å². The van der Waals surface area contributed by atoms with Crippen LogP contribution in [0.5, 0.6) is 5.75 Å². The zero-order valence-corrected chi connectivity index (χ0v) is 16.5. The molecule has 1 amide bonds. The number of ether oxygens (including phenoxy) is 1. The lowest BCUT2D eigenvalue weighted by Gasteiger charge is -2.26. The summed E-state index contributed by atoms with van der Waals surface area (Å²) in [6, 6.07) is 7.39. The predicted octanol–water partition coefficient (Wildman–Crippen LogP) is 2.83. The van der Waals surface area contributed by atoms with Crippen molar-refractivity contribution >= 4 is 17.7 Å².